The van der Waals surface area contributed by atoms with Crippen molar-refractivity contribution in [2.45, 2.75) is 45.6 Å². The van der Waals surface area contributed by atoms with Gasteiger partial charge in [-0.25, -0.2) is 4.98 Å². The van der Waals surface area contributed by atoms with Crippen LogP contribution >= 0.6 is 0 Å². The third kappa shape index (κ3) is 5.92. The Labute approximate surface area is 160 Å². The lowest BCUT2D eigenvalue weighted by Crippen LogP contribution is -2.25. The van der Waals surface area contributed by atoms with Gasteiger partial charge in [-0.2, -0.15) is 4.98 Å². The molecule has 0 saturated carbocycles. The van der Waals surface area contributed by atoms with E-state index >= 15 is 0 Å². The predicted molar refractivity (Wildman–Crippen MR) is 106 cm³/mol. The van der Waals surface area contributed by atoms with E-state index in [1.54, 1.807) is 0 Å². The fourth-order valence-electron chi connectivity index (χ4n) is 2.92. The molecule has 1 unspecified atom stereocenters. The van der Waals surface area contributed by atoms with Crippen molar-refractivity contribution in [1.82, 2.24) is 9.97 Å². The molecule has 0 aliphatic heterocycles. The summed E-state index contributed by atoms with van der Waals surface area (Å²) in [7, 11) is 1.38. The number of carbonyl (C=O) groups excluding carboxylic acids is 1. The minimum absolute atomic E-state index is 0.0263. The number of aliphatic hydroxyl groups excluding tert-OH is 1. The van der Waals surface area contributed by atoms with Gasteiger partial charge in [0, 0.05) is 17.7 Å². The molecule has 1 aromatic heterocycles. The number of aryl methyl sites for hydroxylation is 1. The molecule has 0 amide bonds. The van der Waals surface area contributed by atoms with Gasteiger partial charge in [0.05, 0.1) is 26.2 Å². The highest BCUT2D eigenvalue weighted by Gasteiger charge is 2.15. The average molecular weight is 372 g/mol. The minimum atomic E-state index is -0.261. The van der Waals surface area contributed by atoms with Crippen molar-refractivity contribution >= 4 is 17.7 Å². The lowest BCUT2D eigenvalue weighted by molar-refractivity contribution is -0.139. The van der Waals surface area contributed by atoms with Crippen molar-refractivity contribution in [2.75, 3.05) is 24.8 Å². The van der Waals surface area contributed by atoms with Crippen molar-refractivity contribution < 1.29 is 14.6 Å². The standard InChI is InChI=1S/C20H28N4O3/c1-4-5-16(12-25)23-19-17(13(2)22-20(21)24-19)10-14-6-8-15(9-7-14)11-18(26)27-3/h6-9,16,25H,4-5,10-12H2,1-3H3,(H3,21,22,23,24). The summed E-state index contributed by atoms with van der Waals surface area (Å²) in [6.45, 7) is 4.00. The highest BCUT2D eigenvalue weighted by Crippen LogP contribution is 2.23. The molecule has 0 saturated heterocycles. The first-order chi connectivity index (χ1) is 13.0. The third-order valence-electron chi connectivity index (χ3n) is 4.41. The van der Waals surface area contributed by atoms with Crippen LogP contribution in [0.15, 0.2) is 24.3 Å². The molecule has 146 valence electrons. The van der Waals surface area contributed by atoms with Crippen molar-refractivity contribution in [3.8, 4) is 0 Å². The van der Waals surface area contributed by atoms with E-state index in [0.29, 0.717) is 12.2 Å². The number of nitrogens with zero attached hydrogens (tertiary/aromatic N) is 2. The zero-order valence-electron chi connectivity index (χ0n) is 16.2. The molecular weight excluding hydrogens is 344 g/mol. The molecule has 7 heteroatoms. The Bertz CT molecular complexity index is 763. The number of esters is 1. The summed E-state index contributed by atoms with van der Waals surface area (Å²) in [4.78, 5) is 20.0. The lowest BCUT2D eigenvalue weighted by atomic mass is 10.0. The van der Waals surface area contributed by atoms with Crippen LogP contribution in [-0.4, -0.2) is 40.8 Å². The molecular formula is C20H28N4O3. The molecule has 0 radical (unpaired) electrons. The van der Waals surface area contributed by atoms with Gasteiger partial charge < -0.3 is 20.9 Å². The van der Waals surface area contributed by atoms with E-state index in [1.807, 2.05) is 31.2 Å². The van der Waals surface area contributed by atoms with E-state index < -0.39 is 0 Å². The van der Waals surface area contributed by atoms with Gasteiger partial charge in [-0.05, 0) is 24.5 Å². The van der Waals surface area contributed by atoms with Crippen LogP contribution in [-0.2, 0) is 22.4 Å². The number of rotatable bonds is 9. The van der Waals surface area contributed by atoms with Gasteiger partial charge in [0.2, 0.25) is 5.95 Å². The second-order valence-electron chi connectivity index (χ2n) is 6.55. The smallest absolute Gasteiger partial charge is 0.309 e. The number of nitrogens with two attached hydrogens (primary N) is 1. The molecule has 0 aliphatic carbocycles. The van der Waals surface area contributed by atoms with Gasteiger partial charge in [0.15, 0.2) is 0 Å². The Kier molecular flexibility index (Phi) is 7.55. The number of hydrogen-bond donors (Lipinski definition) is 3. The highest BCUT2D eigenvalue weighted by atomic mass is 16.5. The predicted octanol–water partition coefficient (Wildman–Crippen LogP) is 2.25. The molecule has 1 aromatic carbocycles. The highest BCUT2D eigenvalue weighted by molar-refractivity contribution is 5.72. The summed E-state index contributed by atoms with van der Waals surface area (Å²) in [5, 5.41) is 12.9. The fraction of sp³-hybridized carbons (Fsp3) is 0.450. The topological polar surface area (TPSA) is 110 Å². The van der Waals surface area contributed by atoms with E-state index in [-0.39, 0.29) is 31.0 Å². The summed E-state index contributed by atoms with van der Waals surface area (Å²) in [5.74, 6) is 0.606. The number of ether oxygens (including phenoxy) is 1. The van der Waals surface area contributed by atoms with Crippen LogP contribution in [0.25, 0.3) is 0 Å². The summed E-state index contributed by atoms with van der Waals surface area (Å²) < 4.78 is 4.69. The van der Waals surface area contributed by atoms with Gasteiger partial charge in [-0.3, -0.25) is 4.79 Å². The molecule has 7 nitrogen and oxygen atoms in total. The van der Waals surface area contributed by atoms with Crippen LogP contribution in [0.1, 0.15) is 42.1 Å². The molecule has 27 heavy (non-hydrogen) atoms. The second kappa shape index (κ2) is 9.87. The van der Waals surface area contributed by atoms with Crippen LogP contribution < -0.4 is 11.1 Å². The zero-order chi connectivity index (χ0) is 19.8. The Morgan fingerprint density at radius 2 is 1.93 bits per heavy atom. The molecule has 2 rings (SSSR count). The van der Waals surface area contributed by atoms with E-state index in [0.717, 1.165) is 35.2 Å². The lowest BCUT2D eigenvalue weighted by Gasteiger charge is -2.20. The summed E-state index contributed by atoms with van der Waals surface area (Å²) >= 11 is 0. The largest absolute Gasteiger partial charge is 0.469 e. The Morgan fingerprint density at radius 1 is 1.26 bits per heavy atom. The van der Waals surface area contributed by atoms with Crippen molar-refractivity contribution in [2.24, 2.45) is 0 Å². The Balaban J connectivity index is 2.23. The average Bonchev–Trinajstić information content (AvgIpc) is 2.65. The van der Waals surface area contributed by atoms with Crippen LogP contribution in [0.4, 0.5) is 11.8 Å². The number of nitrogen functional groups attached to an aromatic ring is 1. The molecule has 0 bridgehead atoms. The van der Waals surface area contributed by atoms with Gasteiger partial charge >= 0.3 is 5.97 Å². The third-order valence-corrected chi connectivity index (χ3v) is 4.41. The Hall–Kier alpha value is -2.67. The normalized spacial score (nSPS) is 11.9. The first-order valence-corrected chi connectivity index (χ1v) is 9.11. The number of carbonyl (C=O) groups is 1. The number of aliphatic hydroxyl groups is 1. The number of benzene rings is 1. The molecule has 0 fully saturated rings. The van der Waals surface area contributed by atoms with Gasteiger partial charge in [0.25, 0.3) is 0 Å². The number of nitrogens with one attached hydrogen (secondary N) is 1. The van der Waals surface area contributed by atoms with Crippen LogP contribution in [0.3, 0.4) is 0 Å². The molecule has 2 aromatic rings. The molecule has 4 N–H and O–H groups in total. The Morgan fingerprint density at radius 3 is 2.52 bits per heavy atom. The summed E-state index contributed by atoms with van der Waals surface area (Å²) in [5.41, 5.74) is 9.54. The molecule has 1 heterocycles. The van der Waals surface area contributed by atoms with E-state index in [1.165, 1.54) is 7.11 Å². The van der Waals surface area contributed by atoms with Crippen molar-refractivity contribution in [1.29, 1.82) is 0 Å². The molecule has 1 atom stereocenters. The maximum Gasteiger partial charge on any atom is 0.309 e. The summed E-state index contributed by atoms with van der Waals surface area (Å²) in [6, 6.07) is 7.71. The van der Waals surface area contributed by atoms with Crippen LogP contribution in [0, 0.1) is 6.92 Å². The molecule has 0 spiro atoms. The summed E-state index contributed by atoms with van der Waals surface area (Å²) in [6.07, 6.45) is 2.66. The number of methoxy groups -OCH3 is 1. The van der Waals surface area contributed by atoms with Crippen LogP contribution in [0.5, 0.6) is 0 Å². The molecule has 0 aliphatic rings. The quantitative estimate of drug-likeness (QED) is 0.579. The van der Waals surface area contributed by atoms with Crippen molar-refractivity contribution in [3.05, 3.63) is 46.6 Å². The number of aromatic nitrogens is 2. The van der Waals surface area contributed by atoms with Crippen molar-refractivity contribution in [3.63, 3.8) is 0 Å². The number of hydrogen-bond acceptors (Lipinski definition) is 7. The SMILES string of the molecule is CCCC(CO)Nc1nc(N)nc(C)c1Cc1ccc(CC(=O)OC)cc1. The van der Waals surface area contributed by atoms with E-state index in [4.69, 9.17) is 10.5 Å². The van der Waals surface area contributed by atoms with Crippen LogP contribution in [0.2, 0.25) is 0 Å². The van der Waals surface area contributed by atoms with Gasteiger partial charge in [-0.1, -0.05) is 37.6 Å². The minimum Gasteiger partial charge on any atom is -0.469 e. The van der Waals surface area contributed by atoms with E-state index in [9.17, 15) is 9.90 Å². The monoisotopic (exact) mass is 372 g/mol. The maximum absolute atomic E-state index is 11.4. The zero-order valence-corrected chi connectivity index (χ0v) is 16.2. The first-order valence-electron chi connectivity index (χ1n) is 9.11. The van der Waals surface area contributed by atoms with E-state index in [2.05, 4.69) is 22.2 Å². The number of anilines is 2. The first kappa shape index (κ1) is 20.6. The van der Waals surface area contributed by atoms with Gasteiger partial charge in [-0.15, -0.1) is 0 Å². The maximum atomic E-state index is 11.4. The second-order valence-corrected chi connectivity index (χ2v) is 6.55. The fourth-order valence-corrected chi connectivity index (χ4v) is 2.92. The van der Waals surface area contributed by atoms with Gasteiger partial charge in [0.1, 0.15) is 5.82 Å².